The summed E-state index contributed by atoms with van der Waals surface area (Å²) in [5.74, 6) is -0.652. The number of ether oxygens (including phenoxy) is 4. The van der Waals surface area contributed by atoms with Crippen molar-refractivity contribution in [3.8, 4) is 0 Å². The van der Waals surface area contributed by atoms with Gasteiger partial charge < -0.3 is 80.4 Å². The minimum atomic E-state index is -1.99. The summed E-state index contributed by atoms with van der Waals surface area (Å²) in [6, 6.07) is -1.41. The van der Waals surface area contributed by atoms with E-state index >= 15 is 0 Å². The molecule has 14 atom stereocenters. The largest absolute Gasteiger partial charge is 0.394 e. The smallest absolute Gasteiger partial charge is 0.217 e. The van der Waals surface area contributed by atoms with Gasteiger partial charge in [0, 0.05) is 6.92 Å². The summed E-state index contributed by atoms with van der Waals surface area (Å²) in [5, 5.41) is 112. The van der Waals surface area contributed by atoms with Crippen LogP contribution in [0.4, 0.5) is 0 Å². The highest BCUT2D eigenvalue weighted by Crippen LogP contribution is 2.30. The van der Waals surface area contributed by atoms with E-state index in [9.17, 15) is 55.9 Å². The van der Waals surface area contributed by atoms with E-state index < -0.39 is 118 Å². The van der Waals surface area contributed by atoms with Crippen molar-refractivity contribution in [1.82, 2.24) is 5.32 Å². The van der Waals surface area contributed by atoms with E-state index in [-0.39, 0.29) is 0 Å². The zero-order chi connectivity index (χ0) is 28.0. The number of nitrogens with one attached hydrogen (secondary N) is 1. The minimum Gasteiger partial charge on any atom is -0.394 e. The third-order valence-corrected chi connectivity index (χ3v) is 6.14. The van der Waals surface area contributed by atoms with E-state index in [0.29, 0.717) is 0 Å². The number of rotatable bonds is 12. The second kappa shape index (κ2) is 14.3. The molecule has 218 valence electrons. The highest BCUT2D eigenvalue weighted by molar-refractivity contribution is 5.73. The van der Waals surface area contributed by atoms with Crippen LogP contribution in [0.5, 0.6) is 0 Å². The molecule has 17 nitrogen and oxygen atoms in total. The van der Waals surface area contributed by atoms with Gasteiger partial charge >= 0.3 is 0 Å². The molecule has 0 aromatic rings. The van der Waals surface area contributed by atoms with Crippen LogP contribution in [0, 0.1) is 0 Å². The molecule has 2 aliphatic rings. The van der Waals surface area contributed by atoms with Crippen molar-refractivity contribution < 1.29 is 79.9 Å². The van der Waals surface area contributed by atoms with Crippen LogP contribution in [0.2, 0.25) is 0 Å². The van der Waals surface area contributed by atoms with Crippen LogP contribution < -0.4 is 5.32 Å². The second-order valence-electron chi connectivity index (χ2n) is 8.83. The van der Waals surface area contributed by atoms with Gasteiger partial charge in [-0.3, -0.25) is 4.79 Å². The number of hydrogen-bond donors (Lipinski definition) is 12. The average Bonchev–Trinajstić information content (AvgIpc) is 2.88. The van der Waals surface area contributed by atoms with Gasteiger partial charge in [-0.05, 0) is 0 Å². The lowest BCUT2D eigenvalue weighted by Gasteiger charge is -2.47. The molecule has 0 spiro atoms. The molecule has 1 amide bonds. The van der Waals surface area contributed by atoms with Crippen LogP contribution in [0.3, 0.4) is 0 Å². The first-order valence-electron chi connectivity index (χ1n) is 11.5. The van der Waals surface area contributed by atoms with Crippen molar-refractivity contribution in [2.75, 3.05) is 26.4 Å². The van der Waals surface area contributed by atoms with Crippen LogP contribution in [-0.4, -0.2) is 174 Å². The molecule has 17 heteroatoms. The SMILES string of the molecule is CC(=O)N[C@H]1[C@H](O[C@@H]2[C@H](O)[C@@H](O)[C@H](O[C@@H]([C@H](O)[C@@H](O)CO)[C@H](O)CO)O[C@@H]2CO)O[C@H](CO)[C@H](O)[C@@H]1O. The number of aliphatic hydroxyl groups excluding tert-OH is 11. The van der Waals surface area contributed by atoms with Crippen molar-refractivity contribution in [3.63, 3.8) is 0 Å². The fraction of sp³-hybridized carbons (Fsp3) is 0.950. The van der Waals surface area contributed by atoms with Gasteiger partial charge in [0.05, 0.1) is 26.4 Å². The van der Waals surface area contributed by atoms with Crippen LogP contribution >= 0.6 is 0 Å². The summed E-state index contributed by atoms with van der Waals surface area (Å²) in [6.07, 6.45) is -22.6. The summed E-state index contributed by atoms with van der Waals surface area (Å²) in [5.41, 5.74) is 0. The zero-order valence-corrected chi connectivity index (χ0v) is 19.9. The molecule has 0 saturated carbocycles. The Morgan fingerprint density at radius 2 is 1.38 bits per heavy atom. The lowest BCUT2D eigenvalue weighted by Crippen LogP contribution is -2.68. The highest BCUT2D eigenvalue weighted by atomic mass is 16.7. The van der Waals surface area contributed by atoms with Crippen molar-refractivity contribution in [2.45, 2.75) is 92.7 Å². The van der Waals surface area contributed by atoms with Gasteiger partial charge in [-0.25, -0.2) is 0 Å². The Hall–Kier alpha value is -1.13. The first-order valence-corrected chi connectivity index (χ1v) is 11.5. The Bertz CT molecular complexity index is 701. The van der Waals surface area contributed by atoms with E-state index in [1.54, 1.807) is 0 Å². The zero-order valence-electron chi connectivity index (χ0n) is 19.9. The number of aliphatic hydroxyl groups is 11. The maximum Gasteiger partial charge on any atom is 0.217 e. The van der Waals surface area contributed by atoms with Gasteiger partial charge in [-0.15, -0.1) is 0 Å². The van der Waals surface area contributed by atoms with Crippen molar-refractivity contribution in [1.29, 1.82) is 0 Å². The number of carbonyl (C=O) groups excluding carboxylic acids is 1. The Labute approximate surface area is 211 Å². The number of hydrogen-bond acceptors (Lipinski definition) is 16. The molecule has 37 heavy (non-hydrogen) atoms. The van der Waals surface area contributed by atoms with Gasteiger partial charge in [0.25, 0.3) is 0 Å². The molecule has 0 aliphatic carbocycles. The van der Waals surface area contributed by atoms with E-state index in [1.165, 1.54) is 0 Å². The average molecular weight is 548 g/mol. The van der Waals surface area contributed by atoms with Crippen molar-refractivity contribution in [3.05, 3.63) is 0 Å². The van der Waals surface area contributed by atoms with E-state index in [0.717, 1.165) is 6.92 Å². The molecule has 2 saturated heterocycles. The lowest BCUT2D eigenvalue weighted by molar-refractivity contribution is -0.358. The number of carbonyl (C=O) groups is 1. The molecule has 0 aromatic heterocycles. The molecular formula is C20H37NO16. The summed E-state index contributed by atoms with van der Waals surface area (Å²) in [7, 11) is 0. The maximum absolute atomic E-state index is 11.6. The van der Waals surface area contributed by atoms with Crippen LogP contribution in [-0.2, 0) is 23.7 Å². The normalized spacial score (nSPS) is 40.0. The molecular weight excluding hydrogens is 510 g/mol. The lowest BCUT2D eigenvalue weighted by atomic mass is 9.95. The van der Waals surface area contributed by atoms with Gasteiger partial charge in [0.2, 0.25) is 5.91 Å². The van der Waals surface area contributed by atoms with Crippen LogP contribution in [0.25, 0.3) is 0 Å². The topological polar surface area (TPSA) is 289 Å². The second-order valence-corrected chi connectivity index (χ2v) is 8.83. The summed E-state index contributed by atoms with van der Waals surface area (Å²) in [6.45, 7) is -2.43. The Balaban J connectivity index is 2.24. The third-order valence-electron chi connectivity index (χ3n) is 6.14. The fourth-order valence-corrected chi connectivity index (χ4v) is 4.06. The fourth-order valence-electron chi connectivity index (χ4n) is 4.06. The van der Waals surface area contributed by atoms with Gasteiger partial charge in [0.15, 0.2) is 12.6 Å². The first kappa shape index (κ1) is 32.1. The molecule has 0 radical (unpaired) electrons. The standard InChI is InChI=1S/C20H37NO16/c1-6(26)21-11-14(31)13(30)9(4-24)34-19(11)37-18-10(5-25)35-20(16(33)15(18)32)36-17(8(28)3-23)12(29)7(27)2-22/h7-20,22-25,27-33H,2-5H2,1H3,(H,21,26)/t7-,8+,9+,10+,11+,12+,13-,14+,15+,16+,17+,18-,19-,20-/m0/s1. The molecule has 2 aliphatic heterocycles. The van der Waals surface area contributed by atoms with Gasteiger partial charge in [-0.1, -0.05) is 0 Å². The third kappa shape index (κ3) is 7.50. The van der Waals surface area contributed by atoms with E-state index in [1.807, 2.05) is 0 Å². The van der Waals surface area contributed by atoms with Gasteiger partial charge in [0.1, 0.15) is 73.2 Å². The van der Waals surface area contributed by atoms with E-state index in [2.05, 4.69) is 5.32 Å². The monoisotopic (exact) mass is 547 g/mol. The highest BCUT2D eigenvalue weighted by Gasteiger charge is 2.52. The Morgan fingerprint density at radius 3 is 1.89 bits per heavy atom. The predicted octanol–water partition coefficient (Wildman–Crippen LogP) is -7.79. The minimum absolute atomic E-state index is 0.652. The molecule has 0 unspecified atom stereocenters. The van der Waals surface area contributed by atoms with E-state index in [4.69, 9.17) is 24.1 Å². The van der Waals surface area contributed by atoms with Crippen LogP contribution in [0.1, 0.15) is 6.92 Å². The molecule has 2 heterocycles. The van der Waals surface area contributed by atoms with Crippen molar-refractivity contribution >= 4 is 5.91 Å². The molecule has 0 bridgehead atoms. The van der Waals surface area contributed by atoms with Crippen LogP contribution in [0.15, 0.2) is 0 Å². The molecule has 2 fully saturated rings. The quantitative estimate of drug-likeness (QED) is 0.108. The Kier molecular flexibility index (Phi) is 12.4. The van der Waals surface area contributed by atoms with Crippen molar-refractivity contribution in [2.24, 2.45) is 0 Å². The predicted molar refractivity (Wildman–Crippen MR) is 115 cm³/mol. The molecule has 0 aromatic carbocycles. The summed E-state index contributed by atoms with van der Waals surface area (Å²) in [4.78, 5) is 11.6. The molecule has 2 rings (SSSR count). The molecule has 12 N–H and O–H groups in total. The maximum atomic E-state index is 11.6. The Morgan fingerprint density at radius 1 is 0.811 bits per heavy atom. The summed E-state index contributed by atoms with van der Waals surface area (Å²) < 4.78 is 21.8. The van der Waals surface area contributed by atoms with Gasteiger partial charge in [-0.2, -0.15) is 0 Å². The number of amides is 1. The first-order chi connectivity index (χ1) is 17.4. The summed E-state index contributed by atoms with van der Waals surface area (Å²) >= 11 is 0.